The van der Waals surface area contributed by atoms with Crippen molar-refractivity contribution in [2.45, 2.75) is 12.5 Å². The molecule has 2 amide bonds. The summed E-state index contributed by atoms with van der Waals surface area (Å²) < 4.78 is 10.8. The molecular weight excluding hydrogens is 344 g/mol. The Labute approximate surface area is 157 Å². The molecule has 6 heteroatoms. The summed E-state index contributed by atoms with van der Waals surface area (Å²) in [6.07, 6.45) is 0.786. The van der Waals surface area contributed by atoms with Crippen LogP contribution in [0.4, 0.5) is 4.79 Å². The molecule has 1 heterocycles. The van der Waals surface area contributed by atoms with Crippen LogP contribution in [0.3, 0.4) is 0 Å². The molecule has 1 atom stereocenters. The molecule has 6 nitrogen and oxygen atoms in total. The van der Waals surface area contributed by atoms with Crippen molar-refractivity contribution in [1.82, 2.24) is 10.6 Å². The van der Waals surface area contributed by atoms with E-state index in [-0.39, 0.29) is 11.8 Å². The number of hydrogen-bond donors (Lipinski definition) is 2. The number of benzene rings is 2. The molecule has 27 heavy (non-hydrogen) atoms. The second-order valence-electron chi connectivity index (χ2n) is 6.46. The van der Waals surface area contributed by atoms with E-state index in [2.05, 4.69) is 10.6 Å². The highest BCUT2D eigenvalue weighted by Gasteiger charge is 2.39. The summed E-state index contributed by atoms with van der Waals surface area (Å²) in [4.78, 5) is 25.2. The van der Waals surface area contributed by atoms with Crippen LogP contribution in [0.1, 0.15) is 33.9 Å². The zero-order valence-corrected chi connectivity index (χ0v) is 15.0. The minimum absolute atomic E-state index is 0.0653. The quantitative estimate of drug-likeness (QED) is 0.773. The minimum atomic E-state index is -0.517. The second kappa shape index (κ2) is 7.25. The average Bonchev–Trinajstić information content (AvgIpc) is 2.97. The van der Waals surface area contributed by atoms with Crippen LogP contribution in [0.2, 0.25) is 0 Å². The third-order valence-corrected chi connectivity index (χ3v) is 4.71. The molecule has 2 aliphatic rings. The van der Waals surface area contributed by atoms with Gasteiger partial charge in [-0.15, -0.1) is 0 Å². The summed E-state index contributed by atoms with van der Waals surface area (Å²) in [7, 11) is 1.66. The van der Waals surface area contributed by atoms with Crippen LogP contribution >= 0.6 is 0 Å². The molecule has 1 aliphatic heterocycles. The number of ketones is 1. The van der Waals surface area contributed by atoms with Gasteiger partial charge in [0, 0.05) is 31.3 Å². The van der Waals surface area contributed by atoms with E-state index in [4.69, 9.17) is 9.47 Å². The van der Waals surface area contributed by atoms with Crippen LogP contribution in [0.5, 0.6) is 5.75 Å². The van der Waals surface area contributed by atoms with Gasteiger partial charge in [-0.25, -0.2) is 4.79 Å². The molecule has 0 fully saturated rings. The lowest BCUT2D eigenvalue weighted by atomic mass is 9.94. The first-order chi connectivity index (χ1) is 13.2. The lowest BCUT2D eigenvalue weighted by molar-refractivity contribution is 0.103. The van der Waals surface area contributed by atoms with Gasteiger partial charge in [0.15, 0.2) is 5.78 Å². The third kappa shape index (κ3) is 3.19. The SMILES string of the molecule is COCCCOc1cccc([C@@H]2NC(=O)NC3=C2C(=O)c2ccccc23)c1. The van der Waals surface area contributed by atoms with Crippen LogP contribution in [0.25, 0.3) is 5.70 Å². The highest BCUT2D eigenvalue weighted by atomic mass is 16.5. The van der Waals surface area contributed by atoms with Crippen molar-refractivity contribution in [3.63, 3.8) is 0 Å². The van der Waals surface area contributed by atoms with E-state index in [0.717, 1.165) is 17.5 Å². The van der Waals surface area contributed by atoms with E-state index in [1.54, 1.807) is 13.2 Å². The van der Waals surface area contributed by atoms with Crippen molar-refractivity contribution in [3.8, 4) is 5.75 Å². The van der Waals surface area contributed by atoms with Gasteiger partial charge in [-0.1, -0.05) is 36.4 Å². The molecule has 0 radical (unpaired) electrons. The Hall–Kier alpha value is -3.12. The Bertz CT molecular complexity index is 935. The summed E-state index contributed by atoms with van der Waals surface area (Å²) in [6.45, 7) is 1.17. The number of Topliss-reactive ketones (excluding diaryl/α,β-unsaturated/α-hetero) is 1. The Balaban J connectivity index is 1.65. The fourth-order valence-electron chi connectivity index (χ4n) is 3.49. The van der Waals surface area contributed by atoms with E-state index in [0.29, 0.717) is 35.8 Å². The number of carbonyl (C=O) groups is 2. The molecule has 2 N–H and O–H groups in total. The van der Waals surface area contributed by atoms with Crippen molar-refractivity contribution >= 4 is 17.5 Å². The van der Waals surface area contributed by atoms with Gasteiger partial charge in [0.05, 0.1) is 23.9 Å². The largest absolute Gasteiger partial charge is 0.493 e. The molecule has 0 spiro atoms. The van der Waals surface area contributed by atoms with E-state index in [9.17, 15) is 9.59 Å². The molecule has 0 saturated heterocycles. The number of ether oxygens (including phenoxy) is 2. The summed E-state index contributed by atoms with van der Waals surface area (Å²) in [5.41, 5.74) is 3.35. The maximum atomic E-state index is 13.0. The van der Waals surface area contributed by atoms with Crippen molar-refractivity contribution < 1.29 is 19.1 Å². The van der Waals surface area contributed by atoms with Crippen LogP contribution < -0.4 is 15.4 Å². The topological polar surface area (TPSA) is 76.7 Å². The Morgan fingerprint density at radius 3 is 2.63 bits per heavy atom. The number of amides is 2. The van der Waals surface area contributed by atoms with Crippen LogP contribution in [-0.4, -0.2) is 32.1 Å². The van der Waals surface area contributed by atoms with Crippen molar-refractivity contribution in [3.05, 3.63) is 70.8 Å². The van der Waals surface area contributed by atoms with E-state index in [1.165, 1.54) is 0 Å². The summed E-state index contributed by atoms with van der Waals surface area (Å²) in [5, 5.41) is 5.66. The highest BCUT2D eigenvalue weighted by Crippen LogP contribution is 2.40. The Kier molecular flexibility index (Phi) is 4.64. The van der Waals surface area contributed by atoms with E-state index in [1.807, 2.05) is 42.5 Å². The molecule has 0 saturated carbocycles. The van der Waals surface area contributed by atoms with Gasteiger partial charge in [0.25, 0.3) is 0 Å². The van der Waals surface area contributed by atoms with Gasteiger partial charge in [-0.3, -0.25) is 4.79 Å². The molecule has 138 valence electrons. The Morgan fingerprint density at radius 1 is 1.00 bits per heavy atom. The standard InChI is InChI=1S/C21H20N2O4/c1-26-10-5-11-27-14-7-4-6-13(12-14)18-17-19(23-21(25)22-18)15-8-2-3-9-16(15)20(17)24/h2-4,6-9,12,18H,5,10-11H2,1H3,(H2,22,23,25)/t18-/m0/s1. The minimum Gasteiger partial charge on any atom is -0.493 e. The second-order valence-corrected chi connectivity index (χ2v) is 6.46. The summed E-state index contributed by atoms with van der Waals surface area (Å²) >= 11 is 0. The zero-order valence-electron chi connectivity index (χ0n) is 15.0. The number of rotatable bonds is 6. The molecule has 0 aromatic heterocycles. The van der Waals surface area contributed by atoms with Crippen LogP contribution in [-0.2, 0) is 4.74 Å². The van der Waals surface area contributed by atoms with Crippen LogP contribution in [0, 0.1) is 0 Å². The fourth-order valence-corrected chi connectivity index (χ4v) is 3.49. The van der Waals surface area contributed by atoms with Gasteiger partial charge in [0.1, 0.15) is 5.75 Å². The van der Waals surface area contributed by atoms with Crippen molar-refractivity contribution in [1.29, 1.82) is 0 Å². The van der Waals surface area contributed by atoms with Crippen LogP contribution in [0.15, 0.2) is 54.1 Å². The fraction of sp³-hybridized carbons (Fsp3) is 0.238. The number of nitrogens with one attached hydrogen (secondary N) is 2. The molecule has 1 aliphatic carbocycles. The van der Waals surface area contributed by atoms with Gasteiger partial charge in [-0.2, -0.15) is 0 Å². The van der Waals surface area contributed by atoms with Gasteiger partial charge >= 0.3 is 6.03 Å². The van der Waals surface area contributed by atoms with E-state index < -0.39 is 6.04 Å². The number of carbonyl (C=O) groups excluding carboxylic acids is 2. The lowest BCUT2D eigenvalue weighted by Crippen LogP contribution is -2.43. The van der Waals surface area contributed by atoms with Gasteiger partial charge in [0.2, 0.25) is 0 Å². The predicted molar refractivity (Wildman–Crippen MR) is 101 cm³/mol. The highest BCUT2D eigenvalue weighted by molar-refractivity contribution is 6.23. The monoisotopic (exact) mass is 364 g/mol. The van der Waals surface area contributed by atoms with Gasteiger partial charge < -0.3 is 20.1 Å². The smallest absolute Gasteiger partial charge is 0.320 e. The molecule has 2 aromatic rings. The first-order valence-electron chi connectivity index (χ1n) is 8.86. The maximum Gasteiger partial charge on any atom is 0.320 e. The number of methoxy groups -OCH3 is 1. The molecular formula is C21H20N2O4. The van der Waals surface area contributed by atoms with Gasteiger partial charge in [-0.05, 0) is 17.7 Å². The predicted octanol–water partition coefficient (Wildman–Crippen LogP) is 3.06. The van der Waals surface area contributed by atoms with Crippen molar-refractivity contribution in [2.24, 2.45) is 0 Å². The molecule has 4 rings (SSSR count). The average molecular weight is 364 g/mol. The first kappa shape index (κ1) is 17.3. The summed E-state index contributed by atoms with van der Waals surface area (Å²) in [6, 6.07) is 14.0. The zero-order chi connectivity index (χ0) is 18.8. The number of urea groups is 1. The number of fused-ring (bicyclic) bond motifs is 2. The normalized spacial score (nSPS) is 17.9. The molecule has 2 aromatic carbocycles. The first-order valence-corrected chi connectivity index (χ1v) is 8.86. The Morgan fingerprint density at radius 2 is 1.81 bits per heavy atom. The van der Waals surface area contributed by atoms with Crippen molar-refractivity contribution in [2.75, 3.05) is 20.3 Å². The number of hydrogen-bond acceptors (Lipinski definition) is 4. The third-order valence-electron chi connectivity index (χ3n) is 4.71. The lowest BCUT2D eigenvalue weighted by Gasteiger charge is -2.26. The summed E-state index contributed by atoms with van der Waals surface area (Å²) in [5.74, 6) is 0.631. The molecule has 0 bridgehead atoms. The maximum absolute atomic E-state index is 13.0. The van der Waals surface area contributed by atoms with E-state index >= 15 is 0 Å². The molecule has 0 unspecified atom stereocenters.